The van der Waals surface area contributed by atoms with E-state index in [2.05, 4.69) is 5.10 Å². The van der Waals surface area contributed by atoms with Crippen molar-refractivity contribution >= 4 is 21.6 Å². The lowest BCUT2D eigenvalue weighted by Gasteiger charge is -2.24. The Balaban J connectivity index is 2.03. The molecule has 0 saturated carbocycles. The molecule has 0 unspecified atom stereocenters. The zero-order chi connectivity index (χ0) is 24.1. The number of hydrogen-bond donors (Lipinski definition) is 1. The third kappa shape index (κ3) is 4.69. The van der Waals surface area contributed by atoms with E-state index >= 15 is 0 Å². The third-order valence-electron chi connectivity index (χ3n) is 4.99. The first kappa shape index (κ1) is 23.9. The minimum Gasteiger partial charge on any atom is -0.480 e. The van der Waals surface area contributed by atoms with Gasteiger partial charge in [0.25, 0.3) is 0 Å². The molecule has 32 heavy (non-hydrogen) atoms. The maximum Gasteiger partial charge on any atom is 0.417 e. The van der Waals surface area contributed by atoms with E-state index < -0.39 is 69.4 Å². The van der Waals surface area contributed by atoms with Gasteiger partial charge >= 0.3 is 18.3 Å². The summed E-state index contributed by atoms with van der Waals surface area (Å²) in [6, 6.07) is 3.08. The van der Waals surface area contributed by atoms with E-state index in [0.29, 0.717) is 10.7 Å². The van der Waals surface area contributed by atoms with E-state index in [9.17, 15) is 44.7 Å². The highest BCUT2D eigenvalue weighted by Crippen LogP contribution is 2.38. The number of aromatic nitrogens is 2. The van der Waals surface area contributed by atoms with Crippen LogP contribution in [-0.4, -0.2) is 53.3 Å². The summed E-state index contributed by atoms with van der Waals surface area (Å²) in [7, 11) is -4.68. The fourth-order valence-corrected chi connectivity index (χ4v) is 5.60. The van der Waals surface area contributed by atoms with Gasteiger partial charge in [0.05, 0.1) is 21.4 Å². The Hall–Kier alpha value is -2.77. The minimum atomic E-state index is -4.98. The Bertz CT molecular complexity index is 1130. The van der Waals surface area contributed by atoms with Crippen molar-refractivity contribution in [2.24, 2.45) is 0 Å². The average molecular weight is 485 g/mol. The Morgan fingerprint density at radius 3 is 2.38 bits per heavy atom. The summed E-state index contributed by atoms with van der Waals surface area (Å²) in [5.74, 6) is -1.81. The van der Waals surface area contributed by atoms with E-state index in [0.717, 1.165) is 23.1 Å². The van der Waals surface area contributed by atoms with Crippen LogP contribution in [0.25, 0.3) is 0 Å². The van der Waals surface area contributed by atoms with Gasteiger partial charge in [-0.3, -0.25) is 0 Å². The first-order valence-electron chi connectivity index (χ1n) is 9.12. The zero-order valence-electron chi connectivity index (χ0n) is 16.4. The number of aryl methyl sites for hydroxylation is 1. The van der Waals surface area contributed by atoms with Crippen molar-refractivity contribution in [3.05, 3.63) is 41.6 Å². The number of carboxylic acid groups (broad SMARTS) is 1. The van der Waals surface area contributed by atoms with Crippen LogP contribution in [0.15, 0.2) is 35.2 Å². The maximum absolute atomic E-state index is 13.3. The van der Waals surface area contributed by atoms with Gasteiger partial charge < -0.3 is 10.0 Å². The number of sulfone groups is 1. The van der Waals surface area contributed by atoms with Crippen molar-refractivity contribution in [1.29, 1.82) is 0 Å². The summed E-state index contributed by atoms with van der Waals surface area (Å²) < 4.78 is 105. The number of alkyl halides is 6. The van der Waals surface area contributed by atoms with Gasteiger partial charge in [-0.2, -0.15) is 31.4 Å². The van der Waals surface area contributed by atoms with Crippen LogP contribution >= 0.6 is 0 Å². The lowest BCUT2D eigenvalue weighted by Crippen LogP contribution is -2.38. The largest absolute Gasteiger partial charge is 0.480 e. The van der Waals surface area contributed by atoms with Crippen molar-refractivity contribution in [3.63, 3.8) is 0 Å². The molecule has 2 atom stereocenters. The van der Waals surface area contributed by atoms with Gasteiger partial charge in [0.15, 0.2) is 9.84 Å². The average Bonchev–Trinajstić information content (AvgIpc) is 3.23. The minimum absolute atomic E-state index is 0.127. The first-order chi connectivity index (χ1) is 14.6. The number of anilines is 1. The fraction of sp³-hybridized carbons (Fsp3) is 0.444. The third-order valence-corrected chi connectivity index (χ3v) is 7.18. The van der Waals surface area contributed by atoms with Gasteiger partial charge in [0.2, 0.25) is 0 Å². The molecule has 0 aliphatic carbocycles. The number of aliphatic carboxylic acids is 1. The molecule has 2 aromatic rings. The molecule has 14 heteroatoms. The molecule has 0 spiro atoms. The Labute approximate surface area is 178 Å². The van der Waals surface area contributed by atoms with Gasteiger partial charge in [0, 0.05) is 12.6 Å². The van der Waals surface area contributed by atoms with Gasteiger partial charge in [-0.25, -0.2) is 17.9 Å². The Morgan fingerprint density at radius 2 is 1.81 bits per heavy atom. The molecule has 3 rings (SSSR count). The van der Waals surface area contributed by atoms with Crippen LogP contribution < -0.4 is 4.90 Å². The molecule has 1 aromatic carbocycles. The molecule has 1 fully saturated rings. The standard InChI is InChI=1S/C18H17F6N3O4S/c1-10-6-15(27(25-10)9-17(19,20)21)26-8-11(7-13(26)16(28)29)32(30,31)14-5-3-2-4-12(14)18(22,23)24/h2-6,11,13H,7-9H2,1H3,(H,28,29)/t11-,13+/m1/s1. The number of hydrogen-bond acceptors (Lipinski definition) is 5. The molecule has 1 aliphatic rings. The predicted molar refractivity (Wildman–Crippen MR) is 98.8 cm³/mol. The van der Waals surface area contributed by atoms with Gasteiger partial charge in [0.1, 0.15) is 18.4 Å². The number of carbonyl (C=O) groups is 1. The Morgan fingerprint density at radius 1 is 1.19 bits per heavy atom. The molecule has 176 valence electrons. The van der Waals surface area contributed by atoms with Crippen molar-refractivity contribution in [2.45, 2.75) is 48.4 Å². The summed E-state index contributed by atoms with van der Waals surface area (Å²) in [5.41, 5.74) is -1.27. The van der Waals surface area contributed by atoms with Crippen LogP contribution in [0.4, 0.5) is 32.2 Å². The smallest absolute Gasteiger partial charge is 0.417 e. The van der Waals surface area contributed by atoms with Crippen molar-refractivity contribution in [1.82, 2.24) is 9.78 Å². The molecular weight excluding hydrogens is 468 g/mol. The second kappa shape index (κ2) is 7.98. The SMILES string of the molecule is Cc1cc(N2C[C@H](S(=O)(=O)c3ccccc3C(F)(F)F)C[C@H]2C(=O)O)n(CC(F)(F)F)n1. The number of nitrogens with zero attached hydrogens (tertiary/aromatic N) is 3. The molecule has 1 aliphatic heterocycles. The molecule has 1 saturated heterocycles. The van der Waals surface area contributed by atoms with E-state index in [1.807, 2.05) is 0 Å². The highest BCUT2D eigenvalue weighted by atomic mass is 32.2. The molecule has 2 heterocycles. The highest BCUT2D eigenvalue weighted by molar-refractivity contribution is 7.92. The van der Waals surface area contributed by atoms with Gasteiger partial charge in [-0.1, -0.05) is 12.1 Å². The van der Waals surface area contributed by atoms with E-state index in [-0.39, 0.29) is 11.5 Å². The lowest BCUT2D eigenvalue weighted by atomic mass is 10.2. The Kier molecular flexibility index (Phi) is 5.95. The van der Waals surface area contributed by atoms with Gasteiger partial charge in [-0.15, -0.1) is 0 Å². The second-order valence-corrected chi connectivity index (χ2v) is 9.52. The van der Waals surface area contributed by atoms with Crippen LogP contribution in [-0.2, 0) is 27.4 Å². The van der Waals surface area contributed by atoms with Crippen molar-refractivity contribution in [2.75, 3.05) is 11.4 Å². The maximum atomic E-state index is 13.3. The summed E-state index contributed by atoms with van der Waals surface area (Å²) >= 11 is 0. The normalized spacial score (nSPS) is 20.0. The van der Waals surface area contributed by atoms with Crippen LogP contribution in [0.1, 0.15) is 17.7 Å². The molecule has 7 nitrogen and oxygen atoms in total. The predicted octanol–water partition coefficient (Wildman–Crippen LogP) is 3.28. The van der Waals surface area contributed by atoms with Gasteiger partial charge in [-0.05, 0) is 25.5 Å². The number of carboxylic acids is 1. The molecule has 0 bridgehead atoms. The molecule has 0 radical (unpaired) electrons. The van der Waals surface area contributed by atoms with Crippen LogP contribution in [0.5, 0.6) is 0 Å². The first-order valence-corrected chi connectivity index (χ1v) is 10.7. The summed E-state index contributed by atoms with van der Waals surface area (Å²) in [6.45, 7) is -0.794. The molecular formula is C18H17F6N3O4S. The summed E-state index contributed by atoms with van der Waals surface area (Å²) in [5, 5.41) is 11.6. The fourth-order valence-electron chi connectivity index (χ4n) is 3.69. The topological polar surface area (TPSA) is 92.5 Å². The molecule has 0 amide bonds. The number of benzene rings is 1. The van der Waals surface area contributed by atoms with Crippen LogP contribution in [0.2, 0.25) is 0 Å². The van der Waals surface area contributed by atoms with E-state index in [4.69, 9.17) is 0 Å². The van der Waals surface area contributed by atoms with Crippen LogP contribution in [0.3, 0.4) is 0 Å². The second-order valence-electron chi connectivity index (χ2n) is 7.32. The lowest BCUT2D eigenvalue weighted by molar-refractivity contribution is -0.142. The summed E-state index contributed by atoms with van der Waals surface area (Å²) in [6.07, 6.45) is -10.3. The van der Waals surface area contributed by atoms with E-state index in [1.165, 1.54) is 13.0 Å². The van der Waals surface area contributed by atoms with E-state index in [1.54, 1.807) is 0 Å². The zero-order valence-corrected chi connectivity index (χ0v) is 17.2. The molecule has 1 aromatic heterocycles. The van der Waals surface area contributed by atoms with Crippen molar-refractivity contribution in [3.8, 4) is 0 Å². The quantitative estimate of drug-likeness (QED) is 0.654. The monoisotopic (exact) mass is 485 g/mol. The van der Waals surface area contributed by atoms with Crippen molar-refractivity contribution < 1.29 is 44.7 Å². The number of halogens is 6. The molecule has 1 N–H and O–H groups in total. The summed E-state index contributed by atoms with van der Waals surface area (Å²) in [4.78, 5) is 11.7. The highest BCUT2D eigenvalue weighted by Gasteiger charge is 2.47. The number of rotatable bonds is 5. The van der Waals surface area contributed by atoms with Crippen LogP contribution in [0, 0.1) is 6.92 Å².